The molecule has 0 unspecified atom stereocenters. The van der Waals surface area contributed by atoms with Crippen molar-refractivity contribution >= 4 is 22.5 Å². The smallest absolute Gasteiger partial charge is 0.0727 e. The number of aromatic nitrogens is 1. The SMILES string of the molecule is OCc1ccc(-c2cc(CN3CCOCC3)c3ccc(Cl)cc3n2)cc1. The summed E-state index contributed by atoms with van der Waals surface area (Å²) in [6, 6.07) is 15.9. The van der Waals surface area contributed by atoms with Gasteiger partial charge in [-0.1, -0.05) is 41.9 Å². The molecule has 1 aromatic heterocycles. The van der Waals surface area contributed by atoms with Gasteiger partial charge in [0.25, 0.3) is 0 Å². The number of nitrogens with zero attached hydrogens (tertiary/aromatic N) is 2. The van der Waals surface area contributed by atoms with Gasteiger partial charge in [-0.15, -0.1) is 0 Å². The highest BCUT2D eigenvalue weighted by atomic mass is 35.5. The van der Waals surface area contributed by atoms with Crippen LogP contribution in [0.3, 0.4) is 0 Å². The lowest BCUT2D eigenvalue weighted by atomic mass is 10.0. The molecule has 2 aromatic carbocycles. The summed E-state index contributed by atoms with van der Waals surface area (Å²) >= 11 is 6.21. The Hall–Kier alpha value is -1.98. The zero-order valence-electron chi connectivity index (χ0n) is 14.5. The second-order valence-corrected chi connectivity index (χ2v) is 7.01. The maximum atomic E-state index is 9.25. The molecule has 0 spiro atoms. The zero-order chi connectivity index (χ0) is 17.9. The number of aliphatic hydroxyl groups excluding tert-OH is 1. The molecule has 4 rings (SSSR count). The first-order valence-corrected chi connectivity index (χ1v) is 9.20. The minimum atomic E-state index is 0.0450. The van der Waals surface area contributed by atoms with Crippen LogP contribution in [-0.2, 0) is 17.9 Å². The predicted octanol–water partition coefficient (Wildman–Crippen LogP) is 3.88. The van der Waals surface area contributed by atoms with E-state index in [-0.39, 0.29) is 6.61 Å². The third-order valence-corrected chi connectivity index (χ3v) is 5.02. The summed E-state index contributed by atoms with van der Waals surface area (Å²) in [5.74, 6) is 0. The second-order valence-electron chi connectivity index (χ2n) is 6.57. The van der Waals surface area contributed by atoms with E-state index in [9.17, 15) is 5.11 Å². The summed E-state index contributed by atoms with van der Waals surface area (Å²) in [4.78, 5) is 7.23. The number of aliphatic hydroxyl groups is 1. The van der Waals surface area contributed by atoms with E-state index in [1.807, 2.05) is 36.4 Å². The molecule has 1 saturated heterocycles. The third-order valence-electron chi connectivity index (χ3n) is 4.79. The minimum absolute atomic E-state index is 0.0450. The van der Waals surface area contributed by atoms with Gasteiger partial charge in [-0.25, -0.2) is 4.98 Å². The topological polar surface area (TPSA) is 45.6 Å². The van der Waals surface area contributed by atoms with Crippen molar-refractivity contribution in [1.29, 1.82) is 0 Å². The molecule has 4 nitrogen and oxygen atoms in total. The summed E-state index contributed by atoms with van der Waals surface area (Å²) in [6.07, 6.45) is 0. The van der Waals surface area contributed by atoms with Crippen molar-refractivity contribution in [2.75, 3.05) is 26.3 Å². The Bertz CT molecular complexity index is 906. The minimum Gasteiger partial charge on any atom is -0.392 e. The molecule has 0 saturated carbocycles. The van der Waals surface area contributed by atoms with Gasteiger partial charge in [-0.05, 0) is 29.3 Å². The molecular formula is C21H21ClN2O2. The van der Waals surface area contributed by atoms with Crippen LogP contribution in [0, 0.1) is 0 Å². The van der Waals surface area contributed by atoms with Gasteiger partial charge in [0, 0.05) is 35.6 Å². The highest BCUT2D eigenvalue weighted by molar-refractivity contribution is 6.31. The standard InChI is InChI=1S/C21H21ClN2O2/c22-18-5-6-19-17(13-24-7-9-26-10-8-24)11-20(23-21(19)12-18)16-3-1-15(14-25)2-4-16/h1-6,11-12,25H,7-10,13-14H2. The van der Waals surface area contributed by atoms with Gasteiger partial charge in [-0.2, -0.15) is 0 Å². The largest absolute Gasteiger partial charge is 0.392 e. The second kappa shape index (κ2) is 7.72. The molecule has 0 atom stereocenters. The van der Waals surface area contributed by atoms with E-state index in [4.69, 9.17) is 21.3 Å². The molecule has 0 amide bonds. The highest BCUT2D eigenvalue weighted by Gasteiger charge is 2.14. The molecule has 2 heterocycles. The van der Waals surface area contributed by atoms with Gasteiger partial charge < -0.3 is 9.84 Å². The first-order chi connectivity index (χ1) is 12.7. The van der Waals surface area contributed by atoms with Crippen molar-refractivity contribution in [3.8, 4) is 11.3 Å². The molecule has 0 radical (unpaired) electrons. The lowest BCUT2D eigenvalue weighted by Crippen LogP contribution is -2.35. The van der Waals surface area contributed by atoms with Crippen LogP contribution in [0.4, 0.5) is 0 Å². The Balaban J connectivity index is 1.77. The molecular weight excluding hydrogens is 348 g/mol. The molecule has 1 N–H and O–H groups in total. The molecule has 1 aliphatic rings. The van der Waals surface area contributed by atoms with E-state index in [1.165, 1.54) is 5.56 Å². The fourth-order valence-electron chi connectivity index (χ4n) is 3.33. The lowest BCUT2D eigenvalue weighted by Gasteiger charge is -2.27. The summed E-state index contributed by atoms with van der Waals surface area (Å²) in [6.45, 7) is 4.36. The number of pyridine rings is 1. The predicted molar refractivity (Wildman–Crippen MR) is 104 cm³/mol. The molecule has 0 aliphatic carbocycles. The quantitative estimate of drug-likeness (QED) is 0.759. The average molecular weight is 369 g/mol. The van der Waals surface area contributed by atoms with Crippen molar-refractivity contribution in [1.82, 2.24) is 9.88 Å². The fourth-order valence-corrected chi connectivity index (χ4v) is 3.50. The van der Waals surface area contributed by atoms with Gasteiger partial charge in [0.05, 0.1) is 31.0 Å². The molecule has 0 bridgehead atoms. The van der Waals surface area contributed by atoms with Gasteiger partial charge in [0.1, 0.15) is 0 Å². The van der Waals surface area contributed by atoms with Crippen LogP contribution in [0.1, 0.15) is 11.1 Å². The molecule has 1 aliphatic heterocycles. The van der Waals surface area contributed by atoms with E-state index in [1.54, 1.807) is 0 Å². The summed E-state index contributed by atoms with van der Waals surface area (Å²) in [7, 11) is 0. The monoisotopic (exact) mass is 368 g/mol. The number of halogens is 1. The maximum Gasteiger partial charge on any atom is 0.0727 e. The first kappa shape index (κ1) is 17.4. The number of morpholine rings is 1. The van der Waals surface area contributed by atoms with Crippen LogP contribution in [0.15, 0.2) is 48.5 Å². The van der Waals surface area contributed by atoms with Crippen molar-refractivity contribution in [3.05, 3.63) is 64.7 Å². The molecule has 1 fully saturated rings. The van der Waals surface area contributed by atoms with E-state index in [0.29, 0.717) is 5.02 Å². The normalized spacial score (nSPS) is 15.5. The number of rotatable bonds is 4. The van der Waals surface area contributed by atoms with Crippen LogP contribution in [-0.4, -0.2) is 41.3 Å². The van der Waals surface area contributed by atoms with E-state index < -0.39 is 0 Å². The Morgan fingerprint density at radius 3 is 2.54 bits per heavy atom. The average Bonchev–Trinajstić information content (AvgIpc) is 2.68. The van der Waals surface area contributed by atoms with Crippen molar-refractivity contribution in [3.63, 3.8) is 0 Å². The fraction of sp³-hybridized carbons (Fsp3) is 0.286. The van der Waals surface area contributed by atoms with Gasteiger partial charge in [-0.3, -0.25) is 4.90 Å². The van der Waals surface area contributed by atoms with Gasteiger partial charge in [0.2, 0.25) is 0 Å². The van der Waals surface area contributed by atoms with Crippen LogP contribution in [0.2, 0.25) is 5.02 Å². The Labute approximate surface area is 158 Å². The molecule has 5 heteroatoms. The van der Waals surface area contributed by atoms with Gasteiger partial charge >= 0.3 is 0 Å². The summed E-state index contributed by atoms with van der Waals surface area (Å²) in [5.41, 5.74) is 5.00. The number of ether oxygens (including phenoxy) is 1. The zero-order valence-corrected chi connectivity index (χ0v) is 15.2. The highest BCUT2D eigenvalue weighted by Crippen LogP contribution is 2.28. The van der Waals surface area contributed by atoms with Gasteiger partial charge in [0.15, 0.2) is 0 Å². The Morgan fingerprint density at radius 2 is 1.81 bits per heavy atom. The van der Waals surface area contributed by atoms with Crippen molar-refractivity contribution in [2.45, 2.75) is 13.2 Å². The first-order valence-electron chi connectivity index (χ1n) is 8.82. The molecule has 26 heavy (non-hydrogen) atoms. The van der Waals surface area contributed by atoms with E-state index in [2.05, 4.69) is 17.0 Å². The van der Waals surface area contributed by atoms with Crippen molar-refractivity contribution < 1.29 is 9.84 Å². The Morgan fingerprint density at radius 1 is 1.04 bits per heavy atom. The van der Waals surface area contributed by atoms with Crippen LogP contribution in [0.5, 0.6) is 0 Å². The number of fused-ring (bicyclic) bond motifs is 1. The summed E-state index contributed by atoms with van der Waals surface area (Å²) < 4.78 is 5.46. The maximum absolute atomic E-state index is 9.25. The molecule has 3 aromatic rings. The molecule has 134 valence electrons. The number of hydrogen-bond donors (Lipinski definition) is 1. The lowest BCUT2D eigenvalue weighted by molar-refractivity contribution is 0.0344. The van der Waals surface area contributed by atoms with Crippen LogP contribution in [0.25, 0.3) is 22.2 Å². The van der Waals surface area contributed by atoms with Crippen LogP contribution >= 0.6 is 11.6 Å². The summed E-state index contributed by atoms with van der Waals surface area (Å²) in [5, 5.41) is 11.1. The Kier molecular flexibility index (Phi) is 5.18. The van der Waals surface area contributed by atoms with E-state index >= 15 is 0 Å². The van der Waals surface area contributed by atoms with E-state index in [0.717, 1.165) is 60.6 Å². The number of hydrogen-bond acceptors (Lipinski definition) is 4. The third kappa shape index (κ3) is 3.74. The van der Waals surface area contributed by atoms with Crippen molar-refractivity contribution in [2.24, 2.45) is 0 Å². The van der Waals surface area contributed by atoms with Crippen LogP contribution < -0.4 is 0 Å². The number of benzene rings is 2.